The first-order valence-corrected chi connectivity index (χ1v) is 15.5. The molecule has 7 aromatic carbocycles. The summed E-state index contributed by atoms with van der Waals surface area (Å²) in [6, 6.07) is 58.0. The fourth-order valence-electron chi connectivity index (χ4n) is 6.98. The predicted octanol–water partition coefficient (Wildman–Crippen LogP) is 11.8. The maximum Gasteiger partial charge on any atom is 0.188 e. The Hall–Kier alpha value is -6.37. The van der Waals surface area contributed by atoms with Gasteiger partial charge in [-0.1, -0.05) is 103 Å². The zero-order chi connectivity index (χ0) is 30.6. The smallest absolute Gasteiger partial charge is 0.188 e. The van der Waals surface area contributed by atoms with E-state index in [-0.39, 0.29) is 0 Å². The van der Waals surface area contributed by atoms with Gasteiger partial charge in [-0.3, -0.25) is 0 Å². The fraction of sp³-hybridized carbons (Fsp3) is 0. The molecule has 0 aliphatic carbocycles. The minimum atomic E-state index is 0.645. The van der Waals surface area contributed by atoms with Crippen molar-refractivity contribution in [1.29, 1.82) is 0 Å². The Kier molecular flexibility index (Phi) is 5.88. The fourth-order valence-corrected chi connectivity index (χ4v) is 6.98. The zero-order valence-corrected chi connectivity index (χ0v) is 24.9. The maximum atomic E-state index is 7.68. The van der Waals surface area contributed by atoms with Crippen LogP contribution < -0.4 is 0 Å². The molecule has 0 atom stereocenters. The average Bonchev–Trinajstić information content (AvgIpc) is 3.64. The number of nitrogens with zero attached hydrogens (tertiary/aromatic N) is 3. The van der Waals surface area contributed by atoms with Gasteiger partial charge >= 0.3 is 0 Å². The van der Waals surface area contributed by atoms with Crippen LogP contribution in [0.4, 0.5) is 5.69 Å². The van der Waals surface area contributed by atoms with E-state index in [1.807, 2.05) is 18.2 Å². The Morgan fingerprint density at radius 3 is 1.37 bits per heavy atom. The molecule has 3 nitrogen and oxygen atoms in total. The number of hydrogen-bond acceptors (Lipinski definition) is 0. The number of rotatable bonds is 4. The Morgan fingerprint density at radius 2 is 0.783 bits per heavy atom. The Bertz CT molecular complexity index is 2560. The molecule has 0 radical (unpaired) electrons. The van der Waals surface area contributed by atoms with Gasteiger partial charge in [-0.2, -0.15) is 0 Å². The summed E-state index contributed by atoms with van der Waals surface area (Å²) in [4.78, 5) is 3.75. The minimum absolute atomic E-state index is 0.645. The van der Waals surface area contributed by atoms with Gasteiger partial charge in [-0.15, -0.1) is 0 Å². The molecule has 214 valence electrons. The summed E-state index contributed by atoms with van der Waals surface area (Å²) < 4.78 is 4.66. The van der Waals surface area contributed by atoms with E-state index in [0.29, 0.717) is 5.69 Å². The van der Waals surface area contributed by atoms with Crippen molar-refractivity contribution in [3.8, 4) is 33.6 Å². The second-order valence-corrected chi connectivity index (χ2v) is 11.7. The van der Waals surface area contributed by atoms with Crippen LogP contribution in [-0.2, 0) is 0 Å². The Labute approximate surface area is 266 Å². The Morgan fingerprint density at radius 1 is 0.348 bits per heavy atom. The molecule has 0 unspecified atom stereocenters. The van der Waals surface area contributed by atoms with Crippen molar-refractivity contribution in [2.24, 2.45) is 0 Å². The van der Waals surface area contributed by atoms with Crippen molar-refractivity contribution in [3.05, 3.63) is 175 Å². The first-order valence-electron chi connectivity index (χ1n) is 15.5. The van der Waals surface area contributed by atoms with Crippen LogP contribution in [0.3, 0.4) is 0 Å². The van der Waals surface area contributed by atoms with Crippen LogP contribution in [0.25, 0.3) is 82.1 Å². The summed E-state index contributed by atoms with van der Waals surface area (Å²) in [6.07, 6.45) is 0. The van der Waals surface area contributed by atoms with Gasteiger partial charge in [-0.05, 0) is 88.3 Å². The number of hydrogen-bond donors (Lipinski definition) is 0. The van der Waals surface area contributed by atoms with E-state index in [1.54, 1.807) is 0 Å². The third kappa shape index (κ3) is 4.05. The van der Waals surface area contributed by atoms with Crippen LogP contribution in [0.15, 0.2) is 164 Å². The van der Waals surface area contributed by atoms with Gasteiger partial charge < -0.3 is 9.13 Å². The molecule has 9 aromatic rings. The van der Waals surface area contributed by atoms with Crippen molar-refractivity contribution in [2.75, 3.05) is 0 Å². The second kappa shape index (κ2) is 10.4. The molecule has 46 heavy (non-hydrogen) atoms. The molecular weight excluding hydrogens is 558 g/mol. The zero-order valence-electron chi connectivity index (χ0n) is 24.9. The van der Waals surface area contributed by atoms with E-state index in [2.05, 4.69) is 160 Å². The minimum Gasteiger partial charge on any atom is -0.309 e. The Balaban J connectivity index is 1.16. The quantitative estimate of drug-likeness (QED) is 0.182. The number of benzene rings is 7. The predicted molar refractivity (Wildman–Crippen MR) is 192 cm³/mol. The summed E-state index contributed by atoms with van der Waals surface area (Å²) in [7, 11) is 0. The van der Waals surface area contributed by atoms with Crippen molar-refractivity contribution >= 4 is 49.3 Å². The number of aromatic nitrogens is 2. The van der Waals surface area contributed by atoms with Gasteiger partial charge in [0.1, 0.15) is 0 Å². The molecule has 0 fully saturated rings. The molecule has 0 spiro atoms. The van der Waals surface area contributed by atoms with Crippen LogP contribution in [0, 0.1) is 6.57 Å². The normalized spacial score (nSPS) is 11.5. The van der Waals surface area contributed by atoms with Gasteiger partial charge in [0.15, 0.2) is 5.69 Å². The first kappa shape index (κ1) is 26.1. The van der Waals surface area contributed by atoms with Crippen LogP contribution in [0.5, 0.6) is 0 Å². The van der Waals surface area contributed by atoms with Crippen LogP contribution in [0.2, 0.25) is 0 Å². The lowest BCUT2D eigenvalue weighted by molar-refractivity contribution is 1.18. The van der Waals surface area contributed by atoms with Gasteiger partial charge in [0, 0.05) is 27.5 Å². The summed E-state index contributed by atoms with van der Waals surface area (Å²) >= 11 is 0. The highest BCUT2D eigenvalue weighted by molar-refractivity contribution is 6.12. The van der Waals surface area contributed by atoms with Gasteiger partial charge in [-0.25, -0.2) is 4.85 Å². The highest BCUT2D eigenvalue weighted by atomic mass is 15.0. The molecule has 9 rings (SSSR count). The lowest BCUT2D eigenvalue weighted by Crippen LogP contribution is -1.94. The molecule has 0 amide bonds. The molecule has 0 saturated heterocycles. The highest BCUT2D eigenvalue weighted by Crippen LogP contribution is 2.38. The SMILES string of the molecule is [C-]#[N+]c1ccc2c(c1)c1cc(-c3ccc(-n4c5ccccc5c5ccccc54)cc3)ccc1n2-c1ccc(-c2ccccc2)cc1. The summed E-state index contributed by atoms with van der Waals surface area (Å²) in [5, 5.41) is 4.74. The van der Waals surface area contributed by atoms with Crippen molar-refractivity contribution < 1.29 is 0 Å². The topological polar surface area (TPSA) is 14.2 Å². The van der Waals surface area contributed by atoms with Crippen molar-refractivity contribution in [3.63, 3.8) is 0 Å². The average molecular weight is 586 g/mol. The van der Waals surface area contributed by atoms with E-state index in [4.69, 9.17) is 6.57 Å². The van der Waals surface area contributed by atoms with Crippen LogP contribution in [0.1, 0.15) is 0 Å². The van der Waals surface area contributed by atoms with Gasteiger partial charge in [0.2, 0.25) is 0 Å². The summed E-state index contributed by atoms with van der Waals surface area (Å²) in [5.41, 5.74) is 12.2. The second-order valence-electron chi connectivity index (χ2n) is 11.7. The largest absolute Gasteiger partial charge is 0.309 e. The van der Waals surface area contributed by atoms with Crippen molar-refractivity contribution in [2.45, 2.75) is 0 Å². The number of fused-ring (bicyclic) bond motifs is 6. The highest BCUT2D eigenvalue weighted by Gasteiger charge is 2.15. The molecular formula is C43H27N3. The van der Waals surface area contributed by atoms with Crippen molar-refractivity contribution in [1.82, 2.24) is 9.13 Å². The number of para-hydroxylation sites is 2. The molecule has 2 aromatic heterocycles. The van der Waals surface area contributed by atoms with Gasteiger partial charge in [0.05, 0.1) is 28.6 Å². The molecule has 3 heteroatoms. The van der Waals surface area contributed by atoms with Gasteiger partial charge in [0.25, 0.3) is 0 Å². The van der Waals surface area contributed by atoms with Crippen LogP contribution in [-0.4, -0.2) is 9.13 Å². The van der Waals surface area contributed by atoms with E-state index >= 15 is 0 Å². The molecule has 2 heterocycles. The molecule has 0 aliphatic heterocycles. The molecule has 0 aliphatic rings. The van der Waals surface area contributed by atoms with E-state index in [0.717, 1.165) is 44.3 Å². The molecule has 0 bridgehead atoms. The lowest BCUT2D eigenvalue weighted by Gasteiger charge is -2.11. The monoisotopic (exact) mass is 585 g/mol. The third-order valence-corrected chi connectivity index (χ3v) is 9.15. The van der Waals surface area contributed by atoms with Crippen LogP contribution >= 0.6 is 0 Å². The van der Waals surface area contributed by atoms with E-state index in [9.17, 15) is 0 Å². The molecule has 0 saturated carbocycles. The standard InChI is InChI=1S/C43H27N3/c1-44-33-20-26-43-39(28-33)38-27-32(19-25-42(38)46(43)35-21-15-30(16-22-35)29-9-3-2-4-10-29)31-17-23-34(24-18-31)45-40-13-7-5-11-36(40)37-12-6-8-14-41(37)45/h2-28H. The third-order valence-electron chi connectivity index (χ3n) is 9.15. The summed E-state index contributed by atoms with van der Waals surface area (Å²) in [5.74, 6) is 0. The lowest BCUT2D eigenvalue weighted by atomic mass is 10.0. The van der Waals surface area contributed by atoms with E-state index in [1.165, 1.54) is 32.9 Å². The summed E-state index contributed by atoms with van der Waals surface area (Å²) in [6.45, 7) is 7.68. The van der Waals surface area contributed by atoms with E-state index < -0.39 is 0 Å². The molecule has 0 N–H and O–H groups in total. The first-order chi connectivity index (χ1) is 22.8. The maximum absolute atomic E-state index is 7.68.